The smallest absolute Gasteiger partial charge is 0.410 e. The SMILES string of the molecule is CC(C)(C)OC(=O)N1CC(CN2CC[C@H](F)C2)C1. The van der Waals surface area contributed by atoms with Crippen molar-refractivity contribution in [1.29, 1.82) is 0 Å². The first-order valence-corrected chi connectivity index (χ1v) is 6.68. The van der Waals surface area contributed by atoms with Crippen LogP contribution in [0.15, 0.2) is 0 Å². The zero-order chi connectivity index (χ0) is 13.3. The highest BCUT2D eigenvalue weighted by molar-refractivity contribution is 5.69. The van der Waals surface area contributed by atoms with Crippen LogP contribution in [0.1, 0.15) is 27.2 Å². The Bertz CT molecular complexity index is 311. The Hall–Kier alpha value is -0.840. The molecule has 0 spiro atoms. The fourth-order valence-electron chi connectivity index (χ4n) is 2.48. The Morgan fingerprint density at radius 1 is 1.33 bits per heavy atom. The number of carbonyl (C=O) groups excluding carboxylic acids is 1. The third-order valence-electron chi connectivity index (χ3n) is 3.34. The molecule has 0 radical (unpaired) electrons. The van der Waals surface area contributed by atoms with Crippen molar-refractivity contribution in [2.45, 2.75) is 39.0 Å². The van der Waals surface area contributed by atoms with Crippen molar-refractivity contribution < 1.29 is 13.9 Å². The normalized spacial score (nSPS) is 26.2. The van der Waals surface area contributed by atoms with Gasteiger partial charge in [-0.2, -0.15) is 0 Å². The third kappa shape index (κ3) is 3.57. The van der Waals surface area contributed by atoms with Crippen molar-refractivity contribution in [2.24, 2.45) is 5.92 Å². The first-order chi connectivity index (χ1) is 8.33. The summed E-state index contributed by atoms with van der Waals surface area (Å²) in [6, 6.07) is 0. The summed E-state index contributed by atoms with van der Waals surface area (Å²) in [6.07, 6.45) is -0.238. The molecule has 2 aliphatic heterocycles. The molecule has 0 saturated carbocycles. The van der Waals surface area contributed by atoms with E-state index < -0.39 is 11.8 Å². The van der Waals surface area contributed by atoms with E-state index in [1.165, 1.54) is 0 Å². The molecule has 2 aliphatic rings. The maximum atomic E-state index is 13.0. The summed E-state index contributed by atoms with van der Waals surface area (Å²) in [4.78, 5) is 15.6. The Kier molecular flexibility index (Phi) is 3.80. The lowest BCUT2D eigenvalue weighted by Gasteiger charge is -2.41. The minimum atomic E-state index is -0.660. The lowest BCUT2D eigenvalue weighted by Crippen LogP contribution is -2.54. The number of rotatable bonds is 2. The molecule has 1 atom stereocenters. The van der Waals surface area contributed by atoms with Gasteiger partial charge in [0.2, 0.25) is 0 Å². The molecule has 0 N–H and O–H groups in total. The topological polar surface area (TPSA) is 32.8 Å². The molecule has 0 unspecified atom stereocenters. The van der Waals surface area contributed by atoms with Crippen molar-refractivity contribution in [2.75, 3.05) is 32.7 Å². The van der Waals surface area contributed by atoms with Crippen LogP contribution in [-0.4, -0.2) is 60.4 Å². The maximum Gasteiger partial charge on any atom is 0.410 e. The molecule has 2 saturated heterocycles. The van der Waals surface area contributed by atoms with Gasteiger partial charge in [0.1, 0.15) is 11.8 Å². The molecule has 2 rings (SSSR count). The van der Waals surface area contributed by atoms with Crippen LogP contribution in [0.25, 0.3) is 0 Å². The van der Waals surface area contributed by atoms with E-state index in [9.17, 15) is 9.18 Å². The summed E-state index contributed by atoms with van der Waals surface area (Å²) in [5, 5.41) is 0. The van der Waals surface area contributed by atoms with Gasteiger partial charge in [-0.3, -0.25) is 4.90 Å². The second kappa shape index (κ2) is 5.03. The Morgan fingerprint density at radius 2 is 2.00 bits per heavy atom. The van der Waals surface area contributed by atoms with Crippen LogP contribution in [0, 0.1) is 5.92 Å². The summed E-state index contributed by atoms with van der Waals surface area (Å²) >= 11 is 0. The predicted molar refractivity (Wildman–Crippen MR) is 67.3 cm³/mol. The monoisotopic (exact) mass is 258 g/mol. The van der Waals surface area contributed by atoms with E-state index in [4.69, 9.17) is 4.74 Å². The van der Waals surface area contributed by atoms with Crippen LogP contribution in [0.5, 0.6) is 0 Å². The molecular weight excluding hydrogens is 235 g/mol. The molecule has 0 bridgehead atoms. The third-order valence-corrected chi connectivity index (χ3v) is 3.34. The highest BCUT2D eigenvalue weighted by Gasteiger charge is 2.35. The zero-order valence-corrected chi connectivity index (χ0v) is 11.5. The Labute approximate surface area is 108 Å². The van der Waals surface area contributed by atoms with Gasteiger partial charge in [-0.1, -0.05) is 0 Å². The molecule has 2 heterocycles. The average Bonchev–Trinajstić information content (AvgIpc) is 2.53. The van der Waals surface area contributed by atoms with Crippen LogP contribution >= 0.6 is 0 Å². The van der Waals surface area contributed by atoms with Gasteiger partial charge in [-0.25, -0.2) is 9.18 Å². The summed E-state index contributed by atoms with van der Waals surface area (Å²) in [5.41, 5.74) is -0.432. The molecule has 4 nitrogen and oxygen atoms in total. The van der Waals surface area contributed by atoms with Crippen LogP contribution in [-0.2, 0) is 4.74 Å². The molecule has 104 valence electrons. The zero-order valence-electron chi connectivity index (χ0n) is 11.5. The summed E-state index contributed by atoms with van der Waals surface area (Å²) in [7, 11) is 0. The van der Waals surface area contributed by atoms with E-state index in [0.717, 1.165) is 26.2 Å². The molecule has 0 aromatic heterocycles. The fraction of sp³-hybridized carbons (Fsp3) is 0.923. The molecule has 1 amide bonds. The largest absolute Gasteiger partial charge is 0.444 e. The first kappa shape index (κ1) is 13.6. The number of ether oxygens (including phenoxy) is 1. The van der Waals surface area contributed by atoms with E-state index >= 15 is 0 Å². The van der Waals surface area contributed by atoms with E-state index in [1.54, 1.807) is 4.90 Å². The van der Waals surface area contributed by atoms with Gasteiger partial charge in [-0.15, -0.1) is 0 Å². The van der Waals surface area contributed by atoms with Gasteiger partial charge in [-0.05, 0) is 27.2 Å². The van der Waals surface area contributed by atoms with Crippen LogP contribution in [0.4, 0.5) is 9.18 Å². The van der Waals surface area contributed by atoms with Crippen molar-refractivity contribution in [1.82, 2.24) is 9.80 Å². The van der Waals surface area contributed by atoms with Gasteiger partial charge < -0.3 is 9.64 Å². The molecule has 5 heteroatoms. The van der Waals surface area contributed by atoms with E-state index in [1.807, 2.05) is 20.8 Å². The van der Waals surface area contributed by atoms with Gasteiger partial charge in [0.05, 0.1) is 0 Å². The fourth-order valence-corrected chi connectivity index (χ4v) is 2.48. The van der Waals surface area contributed by atoms with Crippen molar-refractivity contribution in [3.05, 3.63) is 0 Å². The minimum absolute atomic E-state index is 0.233. The number of hydrogen-bond acceptors (Lipinski definition) is 3. The summed E-state index contributed by atoms with van der Waals surface area (Å²) < 4.78 is 18.3. The molecule has 18 heavy (non-hydrogen) atoms. The Morgan fingerprint density at radius 3 is 2.50 bits per heavy atom. The number of nitrogens with zero attached hydrogens (tertiary/aromatic N) is 2. The summed E-state index contributed by atoms with van der Waals surface area (Å²) in [5.74, 6) is 0.475. The quantitative estimate of drug-likeness (QED) is 0.758. The Balaban J connectivity index is 1.66. The van der Waals surface area contributed by atoms with Crippen LogP contribution < -0.4 is 0 Å². The van der Waals surface area contributed by atoms with Gasteiger partial charge in [0.15, 0.2) is 0 Å². The molecule has 0 aliphatic carbocycles. The van der Waals surface area contributed by atoms with Crippen molar-refractivity contribution in [3.8, 4) is 0 Å². The lowest BCUT2D eigenvalue weighted by atomic mass is 10.0. The highest BCUT2D eigenvalue weighted by Crippen LogP contribution is 2.22. The van der Waals surface area contributed by atoms with Gasteiger partial charge >= 0.3 is 6.09 Å². The molecule has 0 aromatic carbocycles. The summed E-state index contributed by atoms with van der Waals surface area (Å²) in [6.45, 7) is 9.40. The number of hydrogen-bond donors (Lipinski definition) is 0. The second-order valence-electron chi connectivity index (χ2n) is 6.40. The second-order valence-corrected chi connectivity index (χ2v) is 6.40. The standard InChI is InChI=1S/C13H23FN2O2/c1-13(2,3)18-12(17)16-7-10(8-16)6-15-5-4-11(14)9-15/h10-11H,4-9H2,1-3H3/t11-/m0/s1. The van der Waals surface area contributed by atoms with Crippen LogP contribution in [0.2, 0.25) is 0 Å². The molecular formula is C13H23FN2O2. The number of likely N-dealkylation sites (tertiary alicyclic amines) is 2. The average molecular weight is 258 g/mol. The van der Waals surface area contributed by atoms with Crippen molar-refractivity contribution >= 4 is 6.09 Å². The number of halogens is 1. The van der Waals surface area contributed by atoms with E-state index in [2.05, 4.69) is 4.90 Å². The van der Waals surface area contributed by atoms with Crippen LogP contribution in [0.3, 0.4) is 0 Å². The highest BCUT2D eigenvalue weighted by atomic mass is 19.1. The lowest BCUT2D eigenvalue weighted by molar-refractivity contribution is -0.00551. The maximum absolute atomic E-state index is 13.0. The minimum Gasteiger partial charge on any atom is -0.444 e. The van der Waals surface area contributed by atoms with E-state index in [0.29, 0.717) is 18.9 Å². The van der Waals surface area contributed by atoms with E-state index in [-0.39, 0.29) is 6.09 Å². The number of alkyl halides is 1. The predicted octanol–water partition coefficient (Wildman–Crippen LogP) is 1.90. The molecule has 2 fully saturated rings. The molecule has 0 aromatic rings. The van der Waals surface area contributed by atoms with Gasteiger partial charge in [0.25, 0.3) is 0 Å². The van der Waals surface area contributed by atoms with Crippen molar-refractivity contribution in [3.63, 3.8) is 0 Å². The number of carbonyl (C=O) groups is 1. The van der Waals surface area contributed by atoms with Gasteiger partial charge in [0, 0.05) is 38.6 Å². The first-order valence-electron chi connectivity index (χ1n) is 6.68. The number of amides is 1.